The number of fused-ring (bicyclic) bond motifs is 3. The van der Waals surface area contributed by atoms with E-state index in [1.165, 1.54) is 0 Å². The number of nitrogens with zero attached hydrogens (tertiary/aromatic N) is 1. The number of rotatable bonds is 1. The summed E-state index contributed by atoms with van der Waals surface area (Å²) in [5.41, 5.74) is 0.520. The summed E-state index contributed by atoms with van der Waals surface area (Å²) >= 11 is 0. The molecule has 6 rings (SSSR count). The highest BCUT2D eigenvalue weighted by Gasteiger charge is 2.72. The molecule has 3 saturated heterocycles. The van der Waals surface area contributed by atoms with Gasteiger partial charge in [-0.15, -0.1) is 0 Å². The van der Waals surface area contributed by atoms with Gasteiger partial charge in [0.05, 0.1) is 29.0 Å². The third-order valence-electron chi connectivity index (χ3n) is 6.50. The molecule has 2 aromatic rings. The van der Waals surface area contributed by atoms with Crippen molar-refractivity contribution in [2.45, 2.75) is 56.9 Å². The Kier molecular flexibility index (Phi) is 2.89. The van der Waals surface area contributed by atoms with Crippen LogP contribution in [0.1, 0.15) is 33.6 Å². The van der Waals surface area contributed by atoms with Crippen LogP contribution in [0.2, 0.25) is 0 Å². The maximum atomic E-state index is 13.0. The first-order valence-electron chi connectivity index (χ1n) is 9.18. The van der Waals surface area contributed by atoms with Gasteiger partial charge < -0.3 is 15.0 Å². The number of likely N-dealkylation sites (tertiary alicyclic amines) is 1. The van der Waals surface area contributed by atoms with E-state index in [2.05, 4.69) is 44.3 Å². The van der Waals surface area contributed by atoms with Crippen LogP contribution in [0.25, 0.3) is 10.8 Å². The van der Waals surface area contributed by atoms with Gasteiger partial charge in [-0.05, 0) is 45.1 Å². The number of nitrogens with one attached hydrogen (secondary N) is 1. The molecule has 4 fully saturated rings. The molecule has 0 spiro atoms. The first-order valence-corrected chi connectivity index (χ1v) is 9.18. The number of carbonyl (C=O) groups is 1. The van der Waals surface area contributed by atoms with Crippen LogP contribution in [0.5, 0.6) is 0 Å². The van der Waals surface area contributed by atoms with Gasteiger partial charge in [0.2, 0.25) is 0 Å². The molecule has 3 aliphatic heterocycles. The fourth-order valence-electron chi connectivity index (χ4n) is 5.40. The van der Waals surface area contributed by atoms with Crippen molar-refractivity contribution in [2.24, 2.45) is 5.92 Å². The van der Waals surface area contributed by atoms with E-state index in [4.69, 9.17) is 4.74 Å². The first kappa shape index (κ1) is 15.2. The highest BCUT2D eigenvalue weighted by Crippen LogP contribution is 2.60. The van der Waals surface area contributed by atoms with Gasteiger partial charge in [-0.3, -0.25) is 0 Å². The van der Waals surface area contributed by atoms with Crippen molar-refractivity contribution in [3.8, 4) is 0 Å². The molecule has 4 heteroatoms. The first-order chi connectivity index (χ1) is 11.9. The average molecular weight is 336 g/mol. The fraction of sp³-hybridized carbons (Fsp3) is 0.476. The lowest BCUT2D eigenvalue weighted by Crippen LogP contribution is -2.58. The zero-order valence-corrected chi connectivity index (χ0v) is 15.0. The predicted molar refractivity (Wildman–Crippen MR) is 98.7 cm³/mol. The summed E-state index contributed by atoms with van der Waals surface area (Å²) in [5, 5.41) is 5.36. The van der Waals surface area contributed by atoms with E-state index in [0.29, 0.717) is 12.0 Å². The Morgan fingerprint density at radius 1 is 1.16 bits per heavy atom. The molecule has 0 aromatic heterocycles. The van der Waals surface area contributed by atoms with E-state index in [1.54, 1.807) is 0 Å². The molecule has 130 valence electrons. The summed E-state index contributed by atoms with van der Waals surface area (Å²) in [7, 11) is 0. The van der Waals surface area contributed by atoms with Gasteiger partial charge in [-0.25, -0.2) is 4.79 Å². The number of hydrogen-bond donors (Lipinski definition) is 1. The van der Waals surface area contributed by atoms with E-state index < -0.39 is 0 Å². The number of anilines is 1. The lowest BCUT2D eigenvalue weighted by Gasteiger charge is -2.51. The van der Waals surface area contributed by atoms with Crippen LogP contribution >= 0.6 is 0 Å². The van der Waals surface area contributed by atoms with Gasteiger partial charge in [0.15, 0.2) is 0 Å². The van der Waals surface area contributed by atoms with Crippen molar-refractivity contribution >= 4 is 22.5 Å². The second kappa shape index (κ2) is 4.76. The molecule has 2 aromatic carbocycles. The van der Waals surface area contributed by atoms with Crippen molar-refractivity contribution in [2.75, 3.05) is 5.32 Å². The molecule has 1 aliphatic carbocycles. The number of ether oxygens (including phenoxy) is 1. The van der Waals surface area contributed by atoms with Gasteiger partial charge in [-0.1, -0.05) is 36.4 Å². The third-order valence-corrected chi connectivity index (χ3v) is 6.50. The Labute approximate surface area is 148 Å². The standard InChI is InChI=1S/C21H24N2O2/c1-20(2)15-11-12-21(3,25-20)18-17(15)23(18)19(24)22-16-10-6-8-13-7-4-5-9-14(13)16/h4-10,15,17-18H,11-12H2,1-3H3,(H,22,24)/t15-,17-,18+,21+,23?/m1/s1. The van der Waals surface area contributed by atoms with E-state index in [0.717, 1.165) is 29.3 Å². The number of amides is 2. The van der Waals surface area contributed by atoms with Gasteiger partial charge in [0, 0.05) is 11.3 Å². The summed E-state index contributed by atoms with van der Waals surface area (Å²) in [6.45, 7) is 6.52. The van der Waals surface area contributed by atoms with Gasteiger partial charge >= 0.3 is 6.03 Å². The monoisotopic (exact) mass is 336 g/mol. The summed E-state index contributed by atoms with van der Waals surface area (Å²) in [4.78, 5) is 15.0. The number of hydrogen-bond acceptors (Lipinski definition) is 2. The Bertz CT molecular complexity index is 872. The molecule has 4 atom stereocenters. The Hall–Kier alpha value is -2.07. The van der Waals surface area contributed by atoms with E-state index in [1.807, 2.05) is 29.2 Å². The molecule has 2 bridgehead atoms. The van der Waals surface area contributed by atoms with Gasteiger partial charge in [-0.2, -0.15) is 0 Å². The average Bonchev–Trinajstić information content (AvgIpc) is 3.31. The maximum absolute atomic E-state index is 13.0. The molecule has 3 heterocycles. The molecule has 1 saturated carbocycles. The normalized spacial score (nSPS) is 34.7. The molecule has 0 radical (unpaired) electrons. The highest BCUT2D eigenvalue weighted by molar-refractivity contribution is 6.02. The van der Waals surface area contributed by atoms with E-state index in [9.17, 15) is 4.79 Å². The van der Waals surface area contributed by atoms with Crippen molar-refractivity contribution in [3.05, 3.63) is 42.5 Å². The van der Waals surface area contributed by atoms with E-state index >= 15 is 0 Å². The minimum atomic E-state index is -0.209. The summed E-state index contributed by atoms with van der Waals surface area (Å²) < 4.78 is 6.39. The SMILES string of the molecule is CC1(C)O[C@@]2(C)CC[C@@H]1[C@@H]1[C@@H]2N1C(=O)Nc1cccc2ccccc12. The number of carbonyl (C=O) groups excluding carboxylic acids is 1. The summed E-state index contributed by atoms with van der Waals surface area (Å²) in [5.74, 6) is 0.428. The van der Waals surface area contributed by atoms with Crippen molar-refractivity contribution < 1.29 is 9.53 Å². The van der Waals surface area contributed by atoms with Crippen LogP contribution in [0.3, 0.4) is 0 Å². The lowest BCUT2D eigenvalue weighted by molar-refractivity contribution is -0.214. The van der Waals surface area contributed by atoms with Crippen LogP contribution < -0.4 is 5.32 Å². The molecule has 2 amide bonds. The number of urea groups is 1. The zero-order valence-electron chi connectivity index (χ0n) is 15.0. The van der Waals surface area contributed by atoms with Crippen LogP contribution in [-0.2, 0) is 4.74 Å². The van der Waals surface area contributed by atoms with Crippen LogP contribution in [0.4, 0.5) is 10.5 Å². The second-order valence-corrected chi connectivity index (χ2v) is 8.46. The topological polar surface area (TPSA) is 41.3 Å². The highest BCUT2D eigenvalue weighted by atomic mass is 16.5. The van der Waals surface area contributed by atoms with Crippen LogP contribution in [0, 0.1) is 5.92 Å². The molecule has 25 heavy (non-hydrogen) atoms. The van der Waals surface area contributed by atoms with Gasteiger partial charge in [0.1, 0.15) is 0 Å². The number of benzene rings is 2. The van der Waals surface area contributed by atoms with Crippen molar-refractivity contribution in [3.63, 3.8) is 0 Å². The molecular weight excluding hydrogens is 312 g/mol. The fourth-order valence-corrected chi connectivity index (χ4v) is 5.40. The van der Waals surface area contributed by atoms with Crippen LogP contribution in [-0.4, -0.2) is 34.2 Å². The molecule has 4 aliphatic rings. The van der Waals surface area contributed by atoms with E-state index in [-0.39, 0.29) is 23.3 Å². The minimum absolute atomic E-state index is 0.00535. The predicted octanol–water partition coefficient (Wildman–Crippen LogP) is 4.40. The second-order valence-electron chi connectivity index (χ2n) is 8.46. The minimum Gasteiger partial charge on any atom is -0.367 e. The summed E-state index contributed by atoms with van der Waals surface area (Å²) in [6.07, 6.45) is 2.18. The van der Waals surface area contributed by atoms with Crippen molar-refractivity contribution in [1.82, 2.24) is 4.90 Å². The van der Waals surface area contributed by atoms with Crippen LogP contribution in [0.15, 0.2) is 42.5 Å². The third kappa shape index (κ3) is 2.07. The quantitative estimate of drug-likeness (QED) is 0.784. The summed E-state index contributed by atoms with van der Waals surface area (Å²) in [6, 6.07) is 14.7. The maximum Gasteiger partial charge on any atom is 0.322 e. The van der Waals surface area contributed by atoms with Gasteiger partial charge in [0.25, 0.3) is 0 Å². The lowest BCUT2D eigenvalue weighted by atomic mass is 9.69. The Balaban J connectivity index is 1.43. The molecule has 4 nitrogen and oxygen atoms in total. The van der Waals surface area contributed by atoms with Crippen molar-refractivity contribution in [1.29, 1.82) is 0 Å². The largest absolute Gasteiger partial charge is 0.367 e. The smallest absolute Gasteiger partial charge is 0.322 e. The molecule has 0 unspecified atom stereocenters. The Morgan fingerprint density at radius 3 is 2.72 bits per heavy atom. The molecular formula is C21H24N2O2. The Morgan fingerprint density at radius 2 is 1.92 bits per heavy atom. The molecule has 1 N–H and O–H groups in total. The zero-order chi connectivity index (χ0) is 17.4.